The summed E-state index contributed by atoms with van der Waals surface area (Å²) in [7, 11) is 1.67. The Morgan fingerprint density at radius 3 is 2.80 bits per heavy atom. The van der Waals surface area contributed by atoms with Crippen LogP contribution in [-0.4, -0.2) is 19.4 Å². The number of rotatable bonds is 4. The molecule has 2 nitrogen and oxygen atoms in total. The van der Waals surface area contributed by atoms with Gasteiger partial charge in [-0.3, -0.25) is 4.79 Å². The van der Waals surface area contributed by atoms with Gasteiger partial charge < -0.3 is 5.32 Å². The molecular weight excluding hydrogens is 217 g/mol. The number of alkyl halides is 1. The van der Waals surface area contributed by atoms with E-state index in [0.29, 0.717) is 10.6 Å². The normalized spacial score (nSPS) is 12.5. The fourth-order valence-electron chi connectivity index (χ4n) is 1.44. The summed E-state index contributed by atoms with van der Waals surface area (Å²) < 4.78 is 13.3. The monoisotopic (exact) mass is 229 g/mol. The summed E-state index contributed by atoms with van der Waals surface area (Å²) in [4.78, 5) is 11.6. The zero-order valence-electron chi connectivity index (χ0n) is 8.68. The third-order valence-electron chi connectivity index (χ3n) is 2.09. The fourth-order valence-corrected chi connectivity index (χ4v) is 1.77. The van der Waals surface area contributed by atoms with Crippen molar-refractivity contribution in [1.29, 1.82) is 0 Å². The molecule has 0 saturated heterocycles. The number of ketones is 1. The van der Waals surface area contributed by atoms with Crippen LogP contribution in [0.2, 0.25) is 5.02 Å². The third-order valence-corrected chi connectivity index (χ3v) is 2.42. The van der Waals surface area contributed by atoms with Crippen LogP contribution in [-0.2, 0) is 0 Å². The van der Waals surface area contributed by atoms with E-state index in [-0.39, 0.29) is 17.9 Å². The van der Waals surface area contributed by atoms with Crippen molar-refractivity contribution in [3.8, 4) is 0 Å². The van der Waals surface area contributed by atoms with Gasteiger partial charge in [0.25, 0.3) is 0 Å². The minimum absolute atomic E-state index is 0.153. The molecule has 0 amide bonds. The summed E-state index contributed by atoms with van der Waals surface area (Å²) in [5.41, 5.74) is 0.631. The lowest BCUT2D eigenvalue weighted by molar-refractivity contribution is 0.0991. The zero-order valence-corrected chi connectivity index (χ0v) is 9.44. The highest BCUT2D eigenvalue weighted by Gasteiger charge is 2.17. The number of Topliss-reactive ketones (excluding diaryl/α,β-unsaturated/α-hetero) is 1. The predicted molar refractivity (Wildman–Crippen MR) is 59.2 cm³/mol. The molecular formula is C11H13ClFNO. The van der Waals surface area contributed by atoms with E-state index in [1.807, 2.05) is 0 Å². The number of hydrogen-bond acceptors (Lipinski definition) is 2. The summed E-state index contributed by atoms with van der Waals surface area (Å²) in [5.74, 6) is -0.153. The van der Waals surface area contributed by atoms with Crippen LogP contribution in [0, 0.1) is 0 Å². The number of likely N-dealkylation sites (N-methyl/N-ethyl adjacent to an activating group) is 1. The Labute approximate surface area is 93.4 Å². The highest BCUT2D eigenvalue weighted by Crippen LogP contribution is 2.29. The van der Waals surface area contributed by atoms with Crippen LogP contribution in [0.15, 0.2) is 18.2 Å². The number of benzene rings is 1. The molecule has 0 heterocycles. The largest absolute Gasteiger partial charge is 0.313 e. The van der Waals surface area contributed by atoms with Crippen LogP contribution in [0.5, 0.6) is 0 Å². The van der Waals surface area contributed by atoms with Gasteiger partial charge in [0.2, 0.25) is 0 Å². The van der Waals surface area contributed by atoms with Gasteiger partial charge >= 0.3 is 0 Å². The van der Waals surface area contributed by atoms with E-state index in [0.717, 1.165) is 0 Å². The lowest BCUT2D eigenvalue weighted by Crippen LogP contribution is -2.20. The van der Waals surface area contributed by atoms with Gasteiger partial charge in [-0.1, -0.05) is 23.7 Å². The Hall–Kier alpha value is -0.930. The van der Waals surface area contributed by atoms with E-state index >= 15 is 0 Å². The van der Waals surface area contributed by atoms with Crippen molar-refractivity contribution < 1.29 is 9.18 Å². The van der Waals surface area contributed by atoms with Crippen LogP contribution < -0.4 is 5.32 Å². The van der Waals surface area contributed by atoms with Crippen molar-refractivity contribution in [2.75, 3.05) is 13.6 Å². The quantitative estimate of drug-likeness (QED) is 0.805. The second-order valence-corrected chi connectivity index (χ2v) is 3.68. The van der Waals surface area contributed by atoms with E-state index in [2.05, 4.69) is 5.32 Å². The number of halogens is 2. The molecule has 1 aromatic rings. The van der Waals surface area contributed by atoms with E-state index in [9.17, 15) is 9.18 Å². The van der Waals surface area contributed by atoms with E-state index in [4.69, 9.17) is 11.6 Å². The van der Waals surface area contributed by atoms with Gasteiger partial charge in [0.05, 0.1) is 6.54 Å². The maximum Gasteiger partial charge on any atom is 0.177 e. The molecule has 1 atom stereocenters. The maximum atomic E-state index is 13.3. The van der Waals surface area contributed by atoms with E-state index in [1.54, 1.807) is 25.2 Å². The Morgan fingerprint density at radius 1 is 1.60 bits per heavy atom. The first-order chi connectivity index (χ1) is 7.07. The molecule has 0 aliphatic rings. The molecule has 0 spiro atoms. The minimum Gasteiger partial charge on any atom is -0.313 e. The molecule has 1 unspecified atom stereocenters. The molecule has 0 aliphatic carbocycles. The van der Waals surface area contributed by atoms with Crippen molar-refractivity contribution in [3.63, 3.8) is 0 Å². The van der Waals surface area contributed by atoms with Gasteiger partial charge in [-0.05, 0) is 20.0 Å². The molecule has 82 valence electrons. The van der Waals surface area contributed by atoms with Gasteiger partial charge in [-0.15, -0.1) is 0 Å². The number of carbonyl (C=O) groups is 1. The van der Waals surface area contributed by atoms with Crippen LogP contribution in [0.1, 0.15) is 29.0 Å². The molecule has 0 saturated carbocycles. The zero-order chi connectivity index (χ0) is 11.4. The number of nitrogens with one attached hydrogen (secondary N) is 1. The van der Waals surface area contributed by atoms with Gasteiger partial charge in [-0.2, -0.15) is 0 Å². The van der Waals surface area contributed by atoms with Crippen LogP contribution in [0.4, 0.5) is 4.39 Å². The topological polar surface area (TPSA) is 29.1 Å². The van der Waals surface area contributed by atoms with Crippen molar-refractivity contribution >= 4 is 17.4 Å². The van der Waals surface area contributed by atoms with Gasteiger partial charge in [0.1, 0.15) is 6.17 Å². The number of carbonyl (C=O) groups excluding carboxylic acids is 1. The summed E-state index contributed by atoms with van der Waals surface area (Å²) in [6, 6.07) is 4.83. The molecule has 1 aromatic carbocycles. The Kier molecular flexibility index (Phi) is 4.24. The molecule has 0 aliphatic heterocycles. The highest BCUT2D eigenvalue weighted by atomic mass is 35.5. The first-order valence-corrected chi connectivity index (χ1v) is 5.06. The first-order valence-electron chi connectivity index (χ1n) is 4.68. The van der Waals surface area contributed by atoms with Crippen molar-refractivity contribution in [3.05, 3.63) is 34.3 Å². The van der Waals surface area contributed by atoms with Crippen molar-refractivity contribution in [1.82, 2.24) is 5.32 Å². The van der Waals surface area contributed by atoms with Crippen LogP contribution in [0.3, 0.4) is 0 Å². The third kappa shape index (κ3) is 2.76. The fraction of sp³-hybridized carbons (Fsp3) is 0.364. The molecule has 1 N–H and O–H groups in total. The number of hydrogen-bond donors (Lipinski definition) is 1. The van der Waals surface area contributed by atoms with Gasteiger partial charge in [0.15, 0.2) is 5.78 Å². The average Bonchev–Trinajstić information content (AvgIpc) is 2.17. The second-order valence-electron chi connectivity index (χ2n) is 3.27. The first kappa shape index (κ1) is 12.1. The van der Waals surface area contributed by atoms with Crippen molar-refractivity contribution in [2.45, 2.75) is 13.1 Å². The molecule has 0 radical (unpaired) electrons. The molecule has 0 bridgehead atoms. The molecule has 1 rings (SSSR count). The van der Waals surface area contributed by atoms with Crippen LogP contribution in [0.25, 0.3) is 0 Å². The second kappa shape index (κ2) is 5.24. The summed E-state index contributed by atoms with van der Waals surface area (Å²) >= 11 is 5.86. The lowest BCUT2D eigenvalue weighted by Gasteiger charge is -2.11. The van der Waals surface area contributed by atoms with E-state index < -0.39 is 6.17 Å². The summed E-state index contributed by atoms with van der Waals surface area (Å²) in [6.45, 7) is 1.55. The standard InChI is InChI=1S/C11H13ClFNO/c1-7(13)11-8(10(15)6-14-2)4-3-5-9(11)12/h3-5,7,14H,6H2,1-2H3. The highest BCUT2D eigenvalue weighted by molar-refractivity contribution is 6.32. The SMILES string of the molecule is CNCC(=O)c1cccc(Cl)c1C(C)F. The lowest BCUT2D eigenvalue weighted by atomic mass is 10.0. The Bertz CT molecular complexity index is 366. The minimum atomic E-state index is -1.24. The predicted octanol–water partition coefficient (Wildman–Crippen LogP) is 2.77. The molecule has 0 fully saturated rings. The van der Waals surface area contributed by atoms with Gasteiger partial charge in [0, 0.05) is 16.1 Å². The molecule has 0 aromatic heterocycles. The smallest absolute Gasteiger partial charge is 0.177 e. The molecule has 4 heteroatoms. The Morgan fingerprint density at radius 2 is 2.27 bits per heavy atom. The van der Waals surface area contributed by atoms with Crippen LogP contribution >= 0.6 is 11.6 Å². The van der Waals surface area contributed by atoms with E-state index in [1.165, 1.54) is 6.92 Å². The summed E-state index contributed by atoms with van der Waals surface area (Å²) in [6.07, 6.45) is -1.24. The molecule has 15 heavy (non-hydrogen) atoms. The average molecular weight is 230 g/mol. The maximum absolute atomic E-state index is 13.3. The Balaban J connectivity index is 3.17. The van der Waals surface area contributed by atoms with Gasteiger partial charge in [-0.25, -0.2) is 4.39 Å². The van der Waals surface area contributed by atoms with Crippen molar-refractivity contribution in [2.24, 2.45) is 0 Å². The summed E-state index contributed by atoms with van der Waals surface area (Å²) in [5, 5.41) is 3.03.